The van der Waals surface area contributed by atoms with Gasteiger partial charge in [-0.2, -0.15) is 0 Å². The molecule has 0 N–H and O–H groups in total. The molecule has 19 heavy (non-hydrogen) atoms. The Labute approximate surface area is 114 Å². The van der Waals surface area contributed by atoms with Crippen LogP contribution in [0.2, 0.25) is 0 Å². The Morgan fingerprint density at radius 1 is 1.26 bits per heavy atom. The molecule has 0 bridgehead atoms. The predicted molar refractivity (Wildman–Crippen MR) is 72.2 cm³/mol. The van der Waals surface area contributed by atoms with Crippen molar-refractivity contribution in [3.8, 4) is 0 Å². The summed E-state index contributed by atoms with van der Waals surface area (Å²) in [7, 11) is 0. The molecule has 0 amide bonds. The Balaban J connectivity index is 2.63. The highest BCUT2D eigenvalue weighted by molar-refractivity contribution is 5.68. The fourth-order valence-electron chi connectivity index (χ4n) is 1.88. The first-order chi connectivity index (χ1) is 8.78. The van der Waals surface area contributed by atoms with Crippen molar-refractivity contribution in [3.63, 3.8) is 0 Å². The average molecular weight is 266 g/mol. The predicted octanol–water partition coefficient (Wildman–Crippen LogP) is 3.13. The van der Waals surface area contributed by atoms with Gasteiger partial charge in [-0.3, -0.25) is 9.59 Å². The first kappa shape index (κ1) is 15.5. The van der Waals surface area contributed by atoms with Crippen LogP contribution in [0.5, 0.6) is 0 Å². The Kier molecular flexibility index (Phi) is 5.33. The van der Waals surface area contributed by atoms with Crippen LogP contribution in [0.4, 0.5) is 0 Å². The van der Waals surface area contributed by atoms with Gasteiger partial charge in [-0.1, -0.05) is 31.6 Å². The third-order valence-electron chi connectivity index (χ3n) is 3.04. The van der Waals surface area contributed by atoms with E-state index in [1.165, 1.54) is 19.4 Å². The standard InChI is InChI=1S/C15H22O4/c1-11(16)18-14(19-12(2)17)6-5-13-7-9-15(3,4)10-8-13/h5-7,14H,8-10H2,1-4H3/b6-5+. The van der Waals surface area contributed by atoms with Crippen LogP contribution >= 0.6 is 0 Å². The van der Waals surface area contributed by atoms with Gasteiger partial charge >= 0.3 is 11.9 Å². The molecule has 0 aliphatic heterocycles. The minimum absolute atomic E-state index is 0.350. The lowest BCUT2D eigenvalue weighted by atomic mass is 9.78. The van der Waals surface area contributed by atoms with E-state index in [-0.39, 0.29) is 0 Å². The molecule has 1 rings (SSSR count). The van der Waals surface area contributed by atoms with Crippen molar-refractivity contribution in [2.75, 3.05) is 0 Å². The quantitative estimate of drug-likeness (QED) is 0.579. The zero-order valence-corrected chi connectivity index (χ0v) is 12.1. The maximum atomic E-state index is 10.9. The fraction of sp³-hybridized carbons (Fsp3) is 0.600. The summed E-state index contributed by atoms with van der Waals surface area (Å²) in [6.07, 6.45) is 7.84. The van der Waals surface area contributed by atoms with E-state index in [9.17, 15) is 9.59 Å². The molecule has 0 radical (unpaired) electrons. The Morgan fingerprint density at radius 3 is 2.26 bits per heavy atom. The summed E-state index contributed by atoms with van der Waals surface area (Å²) in [4.78, 5) is 21.8. The van der Waals surface area contributed by atoms with E-state index in [0.29, 0.717) is 5.41 Å². The van der Waals surface area contributed by atoms with Gasteiger partial charge in [-0.05, 0) is 30.8 Å². The van der Waals surface area contributed by atoms with Crippen LogP contribution in [-0.4, -0.2) is 18.2 Å². The molecule has 1 aliphatic carbocycles. The zero-order valence-electron chi connectivity index (χ0n) is 12.1. The molecule has 4 nitrogen and oxygen atoms in total. The summed E-state index contributed by atoms with van der Waals surface area (Å²) in [6, 6.07) is 0. The van der Waals surface area contributed by atoms with Gasteiger partial charge in [-0.15, -0.1) is 0 Å². The highest BCUT2D eigenvalue weighted by Gasteiger charge is 2.20. The molecule has 1 aliphatic rings. The molecule has 106 valence electrons. The SMILES string of the molecule is CC(=O)OC(/C=C/C1=CCC(C)(C)CC1)OC(C)=O. The van der Waals surface area contributed by atoms with E-state index >= 15 is 0 Å². The molecule has 0 saturated carbocycles. The second kappa shape index (κ2) is 6.55. The summed E-state index contributed by atoms with van der Waals surface area (Å²) in [6.45, 7) is 7.05. The fourth-order valence-corrected chi connectivity index (χ4v) is 1.88. The molecular weight excluding hydrogens is 244 g/mol. The van der Waals surface area contributed by atoms with E-state index in [4.69, 9.17) is 9.47 Å². The largest absolute Gasteiger partial charge is 0.421 e. The van der Waals surface area contributed by atoms with Crippen molar-refractivity contribution in [1.82, 2.24) is 0 Å². The van der Waals surface area contributed by atoms with Crippen LogP contribution in [0, 0.1) is 5.41 Å². The molecule has 0 aromatic rings. The molecule has 0 saturated heterocycles. The maximum Gasteiger partial charge on any atom is 0.305 e. The summed E-state index contributed by atoms with van der Waals surface area (Å²) < 4.78 is 9.79. The number of hydrogen-bond donors (Lipinski definition) is 0. The van der Waals surface area contributed by atoms with E-state index in [1.807, 2.05) is 6.08 Å². The molecule has 0 heterocycles. The van der Waals surface area contributed by atoms with Gasteiger partial charge in [0, 0.05) is 13.8 Å². The lowest BCUT2D eigenvalue weighted by Gasteiger charge is -2.27. The van der Waals surface area contributed by atoms with Crippen LogP contribution in [0.3, 0.4) is 0 Å². The summed E-state index contributed by atoms with van der Waals surface area (Å²) >= 11 is 0. The highest BCUT2D eigenvalue weighted by Crippen LogP contribution is 2.34. The van der Waals surface area contributed by atoms with Crippen LogP contribution < -0.4 is 0 Å². The van der Waals surface area contributed by atoms with E-state index in [1.54, 1.807) is 6.08 Å². The van der Waals surface area contributed by atoms with Gasteiger partial charge in [0.15, 0.2) is 0 Å². The third kappa shape index (κ3) is 6.22. The monoisotopic (exact) mass is 266 g/mol. The second-order valence-electron chi connectivity index (χ2n) is 5.59. The molecule has 4 heteroatoms. The molecular formula is C15H22O4. The highest BCUT2D eigenvalue weighted by atomic mass is 16.7. The molecule has 0 unspecified atom stereocenters. The number of carbonyl (C=O) groups is 2. The Morgan fingerprint density at radius 2 is 1.84 bits per heavy atom. The third-order valence-corrected chi connectivity index (χ3v) is 3.04. The number of carbonyl (C=O) groups excluding carboxylic acids is 2. The molecule has 0 aromatic heterocycles. The van der Waals surface area contributed by atoms with Gasteiger partial charge in [0.2, 0.25) is 0 Å². The van der Waals surface area contributed by atoms with Gasteiger partial charge in [0.25, 0.3) is 6.29 Å². The van der Waals surface area contributed by atoms with Crippen LogP contribution in [0.25, 0.3) is 0 Å². The summed E-state index contributed by atoms with van der Waals surface area (Å²) in [5.41, 5.74) is 1.53. The molecule has 0 atom stereocenters. The lowest BCUT2D eigenvalue weighted by molar-refractivity contribution is -0.176. The Bertz CT molecular complexity index is 388. The molecule has 0 aromatic carbocycles. The Hall–Kier alpha value is -1.58. The van der Waals surface area contributed by atoms with Crippen LogP contribution in [-0.2, 0) is 19.1 Å². The lowest BCUT2D eigenvalue weighted by Crippen LogP contribution is -2.20. The van der Waals surface area contributed by atoms with E-state index in [0.717, 1.165) is 19.3 Å². The number of hydrogen-bond acceptors (Lipinski definition) is 4. The second-order valence-corrected chi connectivity index (χ2v) is 5.59. The zero-order chi connectivity index (χ0) is 14.5. The number of esters is 2. The van der Waals surface area contributed by atoms with Crippen molar-refractivity contribution in [3.05, 3.63) is 23.8 Å². The smallest absolute Gasteiger partial charge is 0.305 e. The van der Waals surface area contributed by atoms with Crippen molar-refractivity contribution < 1.29 is 19.1 Å². The summed E-state index contributed by atoms with van der Waals surface area (Å²) in [5.74, 6) is -0.954. The van der Waals surface area contributed by atoms with Gasteiger partial charge in [0.05, 0.1) is 0 Å². The topological polar surface area (TPSA) is 52.6 Å². The van der Waals surface area contributed by atoms with Gasteiger partial charge in [0.1, 0.15) is 0 Å². The van der Waals surface area contributed by atoms with E-state index in [2.05, 4.69) is 19.9 Å². The number of ether oxygens (including phenoxy) is 2. The summed E-state index contributed by atoms with van der Waals surface area (Å²) in [5, 5.41) is 0. The molecule has 0 spiro atoms. The first-order valence-electron chi connectivity index (χ1n) is 6.50. The van der Waals surface area contributed by atoms with Gasteiger partial charge < -0.3 is 9.47 Å². The average Bonchev–Trinajstić information content (AvgIpc) is 2.25. The first-order valence-corrected chi connectivity index (χ1v) is 6.50. The van der Waals surface area contributed by atoms with Crippen molar-refractivity contribution in [2.24, 2.45) is 5.41 Å². The van der Waals surface area contributed by atoms with Gasteiger partial charge in [-0.25, -0.2) is 0 Å². The van der Waals surface area contributed by atoms with Crippen LogP contribution in [0.15, 0.2) is 23.8 Å². The van der Waals surface area contributed by atoms with Crippen molar-refractivity contribution >= 4 is 11.9 Å². The minimum Gasteiger partial charge on any atom is -0.421 e. The number of rotatable bonds is 4. The normalized spacial score (nSPS) is 18.3. The van der Waals surface area contributed by atoms with E-state index < -0.39 is 18.2 Å². The molecule has 0 fully saturated rings. The van der Waals surface area contributed by atoms with Crippen molar-refractivity contribution in [1.29, 1.82) is 0 Å². The minimum atomic E-state index is -0.939. The maximum absolute atomic E-state index is 10.9. The number of allylic oxidation sites excluding steroid dienone is 3. The van der Waals surface area contributed by atoms with Crippen molar-refractivity contribution in [2.45, 2.75) is 53.2 Å². The van der Waals surface area contributed by atoms with Crippen LogP contribution in [0.1, 0.15) is 47.0 Å².